The second-order valence-electron chi connectivity index (χ2n) is 15.8. The van der Waals surface area contributed by atoms with Gasteiger partial charge >= 0.3 is 0 Å². The molecule has 0 bridgehead atoms. The second kappa shape index (κ2) is 11.3. The van der Waals surface area contributed by atoms with Crippen LogP contribution in [0.25, 0.3) is 65.4 Å². The predicted molar refractivity (Wildman–Crippen MR) is 241 cm³/mol. The number of furan rings is 2. The molecule has 274 valence electrons. The van der Waals surface area contributed by atoms with Crippen LogP contribution in [0.1, 0.15) is 11.1 Å². The maximum atomic E-state index is 17.3. The summed E-state index contributed by atoms with van der Waals surface area (Å²) in [5, 5.41) is 10.7. The van der Waals surface area contributed by atoms with Gasteiger partial charge in [0.25, 0.3) is 0 Å². The van der Waals surface area contributed by atoms with Crippen molar-refractivity contribution in [2.75, 3.05) is 9.80 Å². The Balaban J connectivity index is 1.19. The van der Waals surface area contributed by atoms with Gasteiger partial charge in [-0.15, -0.1) is 0 Å². The number of rotatable bonds is 2. The standard InChI is InChI=1S/C52H33N2O3P/c1-30-14-20-34(21-15-30)53-42-12-7-13-43-52(42)58(55,48-26-40-38-24-18-32-8-3-5-10-36(32)50(38)56-46(40)28-44(48)53)49-27-41-39-25-19-33-9-4-6-11-37(33)51(39)57-47(41)29-45(49)54(43)35-22-16-31(2)17-23-35/h3-29H,1-2H3. The molecule has 4 heterocycles. The minimum Gasteiger partial charge on any atom is -0.455 e. The number of fused-ring (bicyclic) bond motifs is 14. The van der Waals surface area contributed by atoms with E-state index < -0.39 is 7.14 Å². The first-order valence-electron chi connectivity index (χ1n) is 19.7. The third kappa shape index (κ3) is 4.13. The number of nitrogens with zero attached hydrogens (tertiary/aromatic N) is 2. The van der Waals surface area contributed by atoms with E-state index in [9.17, 15) is 0 Å². The fourth-order valence-corrected chi connectivity index (χ4v) is 13.0. The van der Waals surface area contributed by atoms with Crippen molar-refractivity contribution in [2.24, 2.45) is 0 Å². The van der Waals surface area contributed by atoms with E-state index in [0.29, 0.717) is 0 Å². The van der Waals surface area contributed by atoms with E-state index in [-0.39, 0.29) is 0 Å². The summed E-state index contributed by atoms with van der Waals surface area (Å²) >= 11 is 0. The molecule has 11 aromatic rings. The Morgan fingerprint density at radius 2 is 0.862 bits per heavy atom. The Morgan fingerprint density at radius 1 is 0.414 bits per heavy atom. The van der Waals surface area contributed by atoms with Gasteiger partial charge in [0.2, 0.25) is 0 Å². The molecule has 0 fully saturated rings. The maximum Gasteiger partial charge on any atom is 0.179 e. The highest BCUT2D eigenvalue weighted by atomic mass is 31.2. The van der Waals surface area contributed by atoms with Crippen LogP contribution < -0.4 is 25.7 Å². The van der Waals surface area contributed by atoms with Crippen molar-refractivity contribution >= 4 is 123 Å². The fraction of sp³-hybridized carbons (Fsp3) is 0.0385. The Hall–Kier alpha value is -7.07. The molecule has 58 heavy (non-hydrogen) atoms. The van der Waals surface area contributed by atoms with E-state index in [1.807, 2.05) is 0 Å². The lowest BCUT2D eigenvalue weighted by Crippen LogP contribution is -2.43. The zero-order chi connectivity index (χ0) is 38.4. The van der Waals surface area contributed by atoms with Gasteiger partial charge in [-0.05, 0) is 85.3 Å². The lowest BCUT2D eigenvalue weighted by molar-refractivity contribution is 0.592. The molecule has 0 atom stereocenters. The molecular formula is C52H33N2O3P. The minimum absolute atomic E-state index is 0.759. The van der Waals surface area contributed by atoms with Crippen LogP contribution >= 0.6 is 7.14 Å². The van der Waals surface area contributed by atoms with Gasteiger partial charge in [0.1, 0.15) is 22.3 Å². The Kier molecular flexibility index (Phi) is 6.24. The van der Waals surface area contributed by atoms with Gasteiger partial charge in [0.05, 0.1) is 28.1 Å². The van der Waals surface area contributed by atoms with E-state index in [0.717, 1.165) is 115 Å². The number of benzene rings is 9. The molecule has 0 saturated heterocycles. The van der Waals surface area contributed by atoms with Crippen LogP contribution in [0.5, 0.6) is 0 Å². The van der Waals surface area contributed by atoms with Crippen LogP contribution in [-0.2, 0) is 4.57 Å². The first-order valence-corrected chi connectivity index (χ1v) is 21.4. The topological polar surface area (TPSA) is 49.8 Å². The highest BCUT2D eigenvalue weighted by Gasteiger charge is 2.49. The van der Waals surface area contributed by atoms with Crippen molar-refractivity contribution in [1.29, 1.82) is 0 Å². The highest BCUT2D eigenvalue weighted by molar-refractivity contribution is 7.86. The molecule has 5 nitrogen and oxygen atoms in total. The van der Waals surface area contributed by atoms with Crippen molar-refractivity contribution < 1.29 is 13.4 Å². The third-order valence-electron chi connectivity index (χ3n) is 12.5. The van der Waals surface area contributed by atoms with Gasteiger partial charge in [-0.2, -0.15) is 0 Å². The highest BCUT2D eigenvalue weighted by Crippen LogP contribution is 2.62. The van der Waals surface area contributed by atoms with Crippen LogP contribution in [0.15, 0.2) is 173 Å². The van der Waals surface area contributed by atoms with Crippen LogP contribution in [0.3, 0.4) is 0 Å². The predicted octanol–water partition coefficient (Wildman–Crippen LogP) is 13.6. The van der Waals surface area contributed by atoms with Crippen LogP contribution in [-0.4, -0.2) is 0 Å². The monoisotopic (exact) mass is 764 g/mol. The number of hydrogen-bond donors (Lipinski definition) is 0. The van der Waals surface area contributed by atoms with Crippen LogP contribution in [0.2, 0.25) is 0 Å². The molecule has 2 aromatic heterocycles. The largest absolute Gasteiger partial charge is 0.455 e. The normalized spacial score (nSPS) is 14.2. The molecule has 0 amide bonds. The third-order valence-corrected chi connectivity index (χ3v) is 15.6. The van der Waals surface area contributed by atoms with E-state index in [2.05, 4.69) is 187 Å². The minimum atomic E-state index is -3.63. The van der Waals surface area contributed by atoms with E-state index >= 15 is 4.57 Å². The molecule has 0 unspecified atom stereocenters. The summed E-state index contributed by atoms with van der Waals surface area (Å²) in [6, 6.07) is 57.4. The van der Waals surface area contributed by atoms with E-state index in [1.165, 1.54) is 11.1 Å². The summed E-state index contributed by atoms with van der Waals surface area (Å²) < 4.78 is 30.9. The average Bonchev–Trinajstić information content (AvgIpc) is 3.82. The lowest BCUT2D eigenvalue weighted by Gasteiger charge is -2.44. The molecule has 2 aliphatic rings. The van der Waals surface area contributed by atoms with Gasteiger partial charge in [-0.25, -0.2) is 0 Å². The van der Waals surface area contributed by atoms with Gasteiger partial charge in [-0.1, -0.05) is 102 Å². The second-order valence-corrected chi connectivity index (χ2v) is 18.4. The van der Waals surface area contributed by atoms with Gasteiger partial charge < -0.3 is 23.2 Å². The molecule has 0 N–H and O–H groups in total. The van der Waals surface area contributed by atoms with E-state index in [1.54, 1.807) is 0 Å². The lowest BCUT2D eigenvalue weighted by atomic mass is 10.0. The molecule has 6 heteroatoms. The summed E-state index contributed by atoms with van der Waals surface area (Å²) in [5.74, 6) is 0. The van der Waals surface area contributed by atoms with E-state index in [4.69, 9.17) is 8.83 Å². The number of hydrogen-bond acceptors (Lipinski definition) is 5. The fourth-order valence-electron chi connectivity index (χ4n) is 9.70. The smallest absolute Gasteiger partial charge is 0.179 e. The van der Waals surface area contributed by atoms with Crippen molar-refractivity contribution in [3.05, 3.63) is 175 Å². The molecule has 13 rings (SSSR count). The first kappa shape index (κ1) is 32.1. The van der Waals surface area contributed by atoms with Gasteiger partial charge in [0.15, 0.2) is 7.14 Å². The summed E-state index contributed by atoms with van der Waals surface area (Å²) in [7, 11) is -3.63. The molecule has 2 aliphatic heterocycles. The Bertz CT molecular complexity index is 3400. The quantitative estimate of drug-likeness (QED) is 0.164. The summed E-state index contributed by atoms with van der Waals surface area (Å²) in [5.41, 5.74) is 11.0. The zero-order valence-electron chi connectivity index (χ0n) is 31.7. The summed E-state index contributed by atoms with van der Waals surface area (Å²) in [6.45, 7) is 4.21. The van der Waals surface area contributed by atoms with Crippen molar-refractivity contribution in [3.8, 4) is 0 Å². The van der Waals surface area contributed by atoms with Gasteiger partial charge in [-0.3, -0.25) is 0 Å². The first-order chi connectivity index (χ1) is 28.4. The number of aryl methyl sites for hydroxylation is 2. The van der Waals surface area contributed by atoms with Crippen LogP contribution in [0, 0.1) is 13.8 Å². The Labute approximate surface area is 333 Å². The molecule has 0 radical (unpaired) electrons. The molecule has 0 saturated carbocycles. The number of anilines is 6. The SMILES string of the molecule is Cc1ccc(N2c3cc4oc5c6ccccc6ccc5c4cc3P3(=O)c4cc5c(cc4N(c4ccc(C)cc4)c4cccc2c43)oc2c3ccccc3ccc52)cc1. The Morgan fingerprint density at radius 3 is 1.33 bits per heavy atom. The van der Waals surface area contributed by atoms with Crippen molar-refractivity contribution in [2.45, 2.75) is 13.8 Å². The molecule has 0 aliphatic carbocycles. The molecule has 9 aromatic carbocycles. The van der Waals surface area contributed by atoms with Crippen molar-refractivity contribution in [3.63, 3.8) is 0 Å². The maximum absolute atomic E-state index is 17.3. The van der Waals surface area contributed by atoms with Crippen molar-refractivity contribution in [1.82, 2.24) is 0 Å². The molecular weight excluding hydrogens is 732 g/mol. The molecule has 0 spiro atoms. The summed E-state index contributed by atoms with van der Waals surface area (Å²) in [4.78, 5) is 4.56. The van der Waals surface area contributed by atoms with Gasteiger partial charge in [0, 0.05) is 66.4 Å². The summed E-state index contributed by atoms with van der Waals surface area (Å²) in [6.07, 6.45) is 0. The average molecular weight is 765 g/mol. The zero-order valence-corrected chi connectivity index (χ0v) is 32.5. The van der Waals surface area contributed by atoms with Crippen LogP contribution in [0.4, 0.5) is 34.1 Å².